The molecule has 16 heavy (non-hydrogen) atoms. The van der Waals surface area contributed by atoms with E-state index in [1.165, 1.54) is 0 Å². The Bertz CT molecular complexity index is 428. The van der Waals surface area contributed by atoms with E-state index >= 15 is 0 Å². The van der Waals surface area contributed by atoms with Gasteiger partial charge in [-0.25, -0.2) is 4.98 Å². The SMILES string of the molecule is CCOC(C)(CC)c1nc(N)c(C)c(=O)[nH]1. The zero-order valence-electron chi connectivity index (χ0n) is 10.3. The normalized spacial score (nSPS) is 14.8. The Labute approximate surface area is 95.0 Å². The van der Waals surface area contributed by atoms with Crippen LogP contribution in [0.4, 0.5) is 5.82 Å². The van der Waals surface area contributed by atoms with Crippen LogP contribution in [0.3, 0.4) is 0 Å². The minimum atomic E-state index is -0.588. The third-order valence-corrected chi connectivity index (χ3v) is 2.83. The van der Waals surface area contributed by atoms with Crippen molar-refractivity contribution in [1.29, 1.82) is 0 Å². The van der Waals surface area contributed by atoms with Crippen LogP contribution < -0.4 is 11.3 Å². The number of hydrogen-bond acceptors (Lipinski definition) is 4. The maximum absolute atomic E-state index is 11.6. The molecule has 0 amide bonds. The zero-order chi connectivity index (χ0) is 12.3. The molecule has 0 radical (unpaired) electrons. The lowest BCUT2D eigenvalue weighted by molar-refractivity contribution is -0.0391. The number of nitrogens with two attached hydrogens (primary N) is 1. The van der Waals surface area contributed by atoms with Gasteiger partial charge in [-0.05, 0) is 27.2 Å². The van der Waals surface area contributed by atoms with Crippen LogP contribution in [0.25, 0.3) is 0 Å². The number of H-pyrrole nitrogens is 1. The average molecular weight is 225 g/mol. The van der Waals surface area contributed by atoms with Gasteiger partial charge in [0.2, 0.25) is 0 Å². The number of aromatic amines is 1. The molecule has 3 N–H and O–H groups in total. The summed E-state index contributed by atoms with van der Waals surface area (Å²) >= 11 is 0. The summed E-state index contributed by atoms with van der Waals surface area (Å²) < 4.78 is 5.63. The summed E-state index contributed by atoms with van der Waals surface area (Å²) in [7, 11) is 0. The van der Waals surface area contributed by atoms with Crippen LogP contribution in [0.5, 0.6) is 0 Å². The lowest BCUT2D eigenvalue weighted by atomic mass is 10.0. The first-order chi connectivity index (χ1) is 7.44. The number of nitrogens with one attached hydrogen (secondary N) is 1. The number of anilines is 1. The van der Waals surface area contributed by atoms with Crippen molar-refractivity contribution < 1.29 is 4.74 Å². The Balaban J connectivity index is 3.27. The Morgan fingerprint density at radius 2 is 2.12 bits per heavy atom. The van der Waals surface area contributed by atoms with Crippen molar-refractivity contribution in [3.8, 4) is 0 Å². The van der Waals surface area contributed by atoms with Crippen LogP contribution in [-0.4, -0.2) is 16.6 Å². The molecule has 5 heteroatoms. The van der Waals surface area contributed by atoms with E-state index < -0.39 is 5.60 Å². The zero-order valence-corrected chi connectivity index (χ0v) is 10.3. The van der Waals surface area contributed by atoms with Crippen molar-refractivity contribution >= 4 is 5.82 Å². The Kier molecular flexibility index (Phi) is 3.70. The van der Waals surface area contributed by atoms with Crippen molar-refractivity contribution in [2.45, 2.75) is 39.7 Å². The summed E-state index contributed by atoms with van der Waals surface area (Å²) in [6, 6.07) is 0. The number of ether oxygens (including phenoxy) is 1. The second kappa shape index (κ2) is 4.65. The molecular weight excluding hydrogens is 206 g/mol. The molecule has 1 rings (SSSR count). The van der Waals surface area contributed by atoms with Crippen molar-refractivity contribution in [3.63, 3.8) is 0 Å². The minimum absolute atomic E-state index is 0.207. The van der Waals surface area contributed by atoms with Gasteiger partial charge in [0.1, 0.15) is 17.2 Å². The predicted molar refractivity (Wildman–Crippen MR) is 63.3 cm³/mol. The lowest BCUT2D eigenvalue weighted by Gasteiger charge is -2.27. The molecule has 0 fully saturated rings. The molecule has 0 aromatic carbocycles. The molecule has 1 aromatic heterocycles. The van der Waals surface area contributed by atoms with Crippen LogP contribution >= 0.6 is 0 Å². The van der Waals surface area contributed by atoms with E-state index in [2.05, 4.69) is 9.97 Å². The summed E-state index contributed by atoms with van der Waals surface area (Å²) in [5.41, 5.74) is 5.33. The molecule has 90 valence electrons. The first kappa shape index (κ1) is 12.7. The van der Waals surface area contributed by atoms with Gasteiger partial charge < -0.3 is 15.5 Å². The van der Waals surface area contributed by atoms with Crippen LogP contribution in [0.2, 0.25) is 0 Å². The van der Waals surface area contributed by atoms with Crippen LogP contribution in [0, 0.1) is 6.92 Å². The molecule has 0 aliphatic carbocycles. The number of nitrogens with zero attached hydrogens (tertiary/aromatic N) is 1. The monoisotopic (exact) mass is 225 g/mol. The third kappa shape index (κ3) is 2.24. The molecule has 1 atom stereocenters. The number of nitrogen functional groups attached to an aromatic ring is 1. The summed E-state index contributed by atoms with van der Waals surface area (Å²) in [5, 5.41) is 0. The van der Waals surface area contributed by atoms with Crippen LogP contribution in [0.1, 0.15) is 38.6 Å². The van der Waals surface area contributed by atoms with E-state index in [0.717, 1.165) is 0 Å². The fourth-order valence-electron chi connectivity index (χ4n) is 1.46. The van der Waals surface area contributed by atoms with E-state index in [0.29, 0.717) is 24.4 Å². The standard InChI is InChI=1S/C11H19N3O2/c1-5-11(4,16-6-2)10-13-8(12)7(3)9(15)14-10/h5-6H2,1-4H3,(H3,12,13,14,15). The smallest absolute Gasteiger partial charge is 0.255 e. The molecule has 0 saturated heterocycles. The number of rotatable bonds is 4. The van der Waals surface area contributed by atoms with E-state index in [9.17, 15) is 4.79 Å². The average Bonchev–Trinajstić information content (AvgIpc) is 2.25. The number of aromatic nitrogens is 2. The summed E-state index contributed by atoms with van der Waals surface area (Å²) in [4.78, 5) is 18.5. The third-order valence-electron chi connectivity index (χ3n) is 2.83. The van der Waals surface area contributed by atoms with E-state index in [1.807, 2.05) is 20.8 Å². The molecule has 1 unspecified atom stereocenters. The van der Waals surface area contributed by atoms with Gasteiger partial charge in [0, 0.05) is 6.61 Å². The van der Waals surface area contributed by atoms with Gasteiger partial charge in [0.15, 0.2) is 0 Å². The maximum Gasteiger partial charge on any atom is 0.255 e. The first-order valence-corrected chi connectivity index (χ1v) is 5.45. The molecule has 1 aromatic rings. The van der Waals surface area contributed by atoms with Crippen LogP contribution in [0.15, 0.2) is 4.79 Å². The molecular formula is C11H19N3O2. The quantitative estimate of drug-likeness (QED) is 0.809. The van der Waals surface area contributed by atoms with E-state index in [-0.39, 0.29) is 11.4 Å². The van der Waals surface area contributed by atoms with Crippen molar-refractivity contribution in [2.24, 2.45) is 0 Å². The van der Waals surface area contributed by atoms with E-state index in [4.69, 9.17) is 10.5 Å². The number of hydrogen-bond donors (Lipinski definition) is 2. The highest BCUT2D eigenvalue weighted by Gasteiger charge is 2.28. The van der Waals surface area contributed by atoms with Gasteiger partial charge in [0.25, 0.3) is 5.56 Å². The van der Waals surface area contributed by atoms with Crippen molar-refractivity contribution in [3.05, 3.63) is 21.7 Å². The van der Waals surface area contributed by atoms with Gasteiger partial charge >= 0.3 is 0 Å². The van der Waals surface area contributed by atoms with Crippen molar-refractivity contribution in [2.75, 3.05) is 12.3 Å². The van der Waals surface area contributed by atoms with Crippen LogP contribution in [-0.2, 0) is 10.3 Å². The molecule has 1 heterocycles. The van der Waals surface area contributed by atoms with E-state index in [1.54, 1.807) is 6.92 Å². The fraction of sp³-hybridized carbons (Fsp3) is 0.636. The largest absolute Gasteiger partial charge is 0.383 e. The molecule has 5 nitrogen and oxygen atoms in total. The second-order valence-corrected chi connectivity index (χ2v) is 3.94. The molecule has 0 saturated carbocycles. The van der Waals surface area contributed by atoms with Gasteiger partial charge in [-0.2, -0.15) is 0 Å². The minimum Gasteiger partial charge on any atom is -0.383 e. The highest BCUT2D eigenvalue weighted by molar-refractivity contribution is 5.36. The highest BCUT2D eigenvalue weighted by Crippen LogP contribution is 2.25. The summed E-state index contributed by atoms with van der Waals surface area (Å²) in [6.07, 6.45) is 0.715. The Morgan fingerprint density at radius 3 is 2.56 bits per heavy atom. The van der Waals surface area contributed by atoms with Gasteiger partial charge in [-0.1, -0.05) is 6.92 Å². The Morgan fingerprint density at radius 1 is 1.50 bits per heavy atom. The summed E-state index contributed by atoms with van der Waals surface area (Å²) in [6.45, 7) is 7.98. The van der Waals surface area contributed by atoms with Gasteiger partial charge in [0.05, 0.1) is 5.56 Å². The topological polar surface area (TPSA) is 81.0 Å². The first-order valence-electron chi connectivity index (χ1n) is 5.45. The molecule has 0 aliphatic rings. The lowest BCUT2D eigenvalue weighted by Crippen LogP contribution is -2.31. The van der Waals surface area contributed by atoms with Gasteiger partial charge in [-0.3, -0.25) is 4.79 Å². The fourth-order valence-corrected chi connectivity index (χ4v) is 1.46. The molecule has 0 bridgehead atoms. The Hall–Kier alpha value is -1.36. The predicted octanol–water partition coefficient (Wildman–Crippen LogP) is 1.32. The second-order valence-electron chi connectivity index (χ2n) is 3.94. The van der Waals surface area contributed by atoms with Gasteiger partial charge in [-0.15, -0.1) is 0 Å². The molecule has 0 spiro atoms. The maximum atomic E-state index is 11.6. The highest BCUT2D eigenvalue weighted by atomic mass is 16.5. The molecule has 0 aliphatic heterocycles. The summed E-state index contributed by atoms with van der Waals surface area (Å²) in [5.74, 6) is 0.753. The van der Waals surface area contributed by atoms with Crippen molar-refractivity contribution in [1.82, 2.24) is 9.97 Å².